The monoisotopic (exact) mass is 626 g/mol. The van der Waals surface area contributed by atoms with Crippen molar-refractivity contribution in [1.29, 1.82) is 0 Å². The van der Waals surface area contributed by atoms with Crippen LogP contribution in [-0.2, 0) is 29.1 Å². The van der Waals surface area contributed by atoms with Crippen LogP contribution in [0.4, 0.5) is 13.2 Å². The molecule has 1 aromatic heterocycles. The van der Waals surface area contributed by atoms with Gasteiger partial charge < -0.3 is 9.47 Å². The number of ether oxygens (including phenoxy) is 2. The van der Waals surface area contributed by atoms with E-state index in [0.29, 0.717) is 25.2 Å². The fourth-order valence-corrected chi connectivity index (χ4v) is 7.20. The third kappa shape index (κ3) is 7.75. The van der Waals surface area contributed by atoms with Gasteiger partial charge in [-0.15, -0.1) is 11.3 Å². The Balaban J connectivity index is 1.22. The van der Waals surface area contributed by atoms with E-state index in [4.69, 9.17) is 9.47 Å². The minimum atomic E-state index is -2.96. The van der Waals surface area contributed by atoms with Gasteiger partial charge >= 0.3 is 0 Å². The van der Waals surface area contributed by atoms with Crippen LogP contribution < -0.4 is 0 Å². The molecule has 1 fully saturated rings. The van der Waals surface area contributed by atoms with Crippen molar-refractivity contribution in [2.24, 2.45) is 5.92 Å². The minimum absolute atomic E-state index is 0.0380. The molecule has 0 radical (unpaired) electrons. The molecule has 45 heavy (non-hydrogen) atoms. The molecule has 1 aliphatic rings. The Morgan fingerprint density at radius 3 is 2.18 bits per heavy atom. The molecule has 1 aliphatic carbocycles. The maximum Gasteiger partial charge on any atom is 0.260 e. The largest absolute Gasteiger partial charge is 0.376 e. The maximum absolute atomic E-state index is 16.4. The van der Waals surface area contributed by atoms with Gasteiger partial charge in [-0.25, -0.2) is 13.2 Å². The summed E-state index contributed by atoms with van der Waals surface area (Å²) in [6, 6.07) is 35.9. The van der Waals surface area contributed by atoms with Crippen LogP contribution in [0.25, 0.3) is 10.4 Å². The Labute approximate surface area is 267 Å². The highest BCUT2D eigenvalue weighted by Crippen LogP contribution is 2.49. The van der Waals surface area contributed by atoms with Crippen molar-refractivity contribution in [2.45, 2.75) is 57.3 Å². The number of alkyl halides is 2. The maximum atomic E-state index is 16.4. The van der Waals surface area contributed by atoms with Gasteiger partial charge in [0.25, 0.3) is 5.92 Å². The minimum Gasteiger partial charge on any atom is -0.376 e. The lowest BCUT2D eigenvalue weighted by atomic mass is 9.73. The van der Waals surface area contributed by atoms with E-state index in [1.54, 1.807) is 23.5 Å². The van der Waals surface area contributed by atoms with Crippen molar-refractivity contribution in [1.82, 2.24) is 0 Å². The zero-order chi connectivity index (χ0) is 31.2. The number of thiophene rings is 1. The second kappa shape index (κ2) is 14.2. The zero-order valence-corrected chi connectivity index (χ0v) is 26.1. The van der Waals surface area contributed by atoms with Crippen molar-refractivity contribution in [3.05, 3.63) is 154 Å². The Kier molecular flexibility index (Phi) is 9.84. The summed E-state index contributed by atoms with van der Waals surface area (Å²) < 4.78 is 58.4. The van der Waals surface area contributed by atoms with Crippen molar-refractivity contribution >= 4 is 11.3 Å². The first-order chi connectivity index (χ1) is 21.8. The first-order valence-corrected chi connectivity index (χ1v) is 16.3. The van der Waals surface area contributed by atoms with Gasteiger partial charge in [0.1, 0.15) is 5.82 Å². The molecule has 3 unspecified atom stereocenters. The number of rotatable bonds is 11. The summed E-state index contributed by atoms with van der Waals surface area (Å²) in [4.78, 5) is 2.18. The van der Waals surface area contributed by atoms with E-state index in [0.717, 1.165) is 37.6 Å². The molecule has 0 amide bonds. The lowest BCUT2D eigenvalue weighted by molar-refractivity contribution is -0.161. The highest BCUT2D eigenvalue weighted by atomic mass is 32.1. The van der Waals surface area contributed by atoms with Gasteiger partial charge in [-0.2, -0.15) is 0 Å². The zero-order valence-electron chi connectivity index (χ0n) is 25.3. The Morgan fingerprint density at radius 2 is 1.47 bits per heavy atom. The molecule has 0 aliphatic heterocycles. The van der Waals surface area contributed by atoms with Gasteiger partial charge in [0, 0.05) is 22.1 Å². The molecule has 5 aromatic rings. The van der Waals surface area contributed by atoms with E-state index >= 15 is 8.78 Å². The second-order valence-electron chi connectivity index (χ2n) is 12.0. The molecule has 3 atom stereocenters. The van der Waals surface area contributed by atoms with Crippen LogP contribution in [-0.4, -0.2) is 18.6 Å². The lowest BCUT2D eigenvalue weighted by Gasteiger charge is -2.42. The first-order valence-electron chi connectivity index (χ1n) is 15.4. The standard InChI is InChI=1S/C39H37F3O2S/c1-27-12-13-31(20-32(27)21-36-18-19-38(45-36)30-14-16-34(40)17-15-30)37-23-35(44-25-29-10-6-3-7-11-29)22-33(39(37,41)42)26-43-24-28-8-4-2-5-9-28/h2-20,33,35,37H,21-26H2,1H3. The van der Waals surface area contributed by atoms with Gasteiger partial charge in [0.15, 0.2) is 0 Å². The SMILES string of the molecule is Cc1ccc(C2CC(OCc3ccccc3)CC(COCc3ccccc3)C2(F)F)cc1Cc1ccc(-c2ccc(F)cc2)s1. The van der Waals surface area contributed by atoms with Crippen LogP contribution in [0.5, 0.6) is 0 Å². The predicted octanol–water partition coefficient (Wildman–Crippen LogP) is 10.4. The Bertz CT molecular complexity index is 1670. The fourth-order valence-electron chi connectivity index (χ4n) is 6.16. The normalized spacial score (nSPS) is 19.4. The molecule has 232 valence electrons. The summed E-state index contributed by atoms with van der Waals surface area (Å²) >= 11 is 1.64. The average Bonchev–Trinajstić information content (AvgIpc) is 3.52. The number of hydrogen-bond acceptors (Lipinski definition) is 3. The lowest BCUT2D eigenvalue weighted by Crippen LogP contribution is -2.46. The number of hydrogen-bond donors (Lipinski definition) is 0. The Hall–Kier alpha value is -3.71. The van der Waals surface area contributed by atoms with E-state index in [1.807, 2.05) is 91.9 Å². The van der Waals surface area contributed by atoms with E-state index < -0.39 is 17.8 Å². The van der Waals surface area contributed by atoms with Crippen LogP contribution in [0.15, 0.2) is 115 Å². The summed E-state index contributed by atoms with van der Waals surface area (Å²) in [5.41, 5.74) is 5.68. The molecule has 6 heteroatoms. The van der Waals surface area contributed by atoms with E-state index in [1.165, 1.54) is 12.1 Å². The van der Waals surface area contributed by atoms with Crippen molar-refractivity contribution < 1.29 is 22.6 Å². The van der Waals surface area contributed by atoms with Gasteiger partial charge in [-0.1, -0.05) is 91.0 Å². The van der Waals surface area contributed by atoms with Crippen molar-refractivity contribution in [2.75, 3.05) is 6.61 Å². The molecule has 1 heterocycles. The third-order valence-electron chi connectivity index (χ3n) is 8.74. The predicted molar refractivity (Wildman–Crippen MR) is 175 cm³/mol. The van der Waals surface area contributed by atoms with Crippen LogP contribution in [0, 0.1) is 18.7 Å². The summed E-state index contributed by atoms with van der Waals surface area (Å²) in [6.07, 6.45) is 0.804. The number of benzene rings is 4. The molecular formula is C39H37F3O2S. The van der Waals surface area contributed by atoms with E-state index in [2.05, 4.69) is 6.07 Å². The molecule has 2 nitrogen and oxygen atoms in total. The molecule has 1 saturated carbocycles. The number of halogens is 3. The van der Waals surface area contributed by atoms with E-state index in [9.17, 15) is 4.39 Å². The van der Waals surface area contributed by atoms with Gasteiger partial charge in [0.2, 0.25) is 0 Å². The third-order valence-corrected chi connectivity index (χ3v) is 9.88. The summed E-state index contributed by atoms with van der Waals surface area (Å²) in [6.45, 7) is 2.67. The van der Waals surface area contributed by atoms with Crippen LogP contribution >= 0.6 is 11.3 Å². The number of aryl methyl sites for hydroxylation is 1. The highest BCUT2D eigenvalue weighted by molar-refractivity contribution is 7.15. The Morgan fingerprint density at radius 1 is 0.778 bits per heavy atom. The van der Waals surface area contributed by atoms with Gasteiger partial charge in [-0.05, 0) is 77.4 Å². The van der Waals surface area contributed by atoms with Gasteiger partial charge in [-0.3, -0.25) is 0 Å². The molecule has 6 rings (SSSR count). The average molecular weight is 627 g/mol. The molecule has 0 bridgehead atoms. The molecular weight excluding hydrogens is 589 g/mol. The summed E-state index contributed by atoms with van der Waals surface area (Å²) in [5, 5.41) is 0. The van der Waals surface area contributed by atoms with Crippen LogP contribution in [0.2, 0.25) is 0 Å². The summed E-state index contributed by atoms with van der Waals surface area (Å²) in [5.74, 6) is -5.19. The van der Waals surface area contributed by atoms with Crippen molar-refractivity contribution in [3.8, 4) is 10.4 Å². The smallest absolute Gasteiger partial charge is 0.260 e. The molecule has 0 saturated heterocycles. The van der Waals surface area contributed by atoms with Crippen molar-refractivity contribution in [3.63, 3.8) is 0 Å². The fraction of sp³-hybridized carbons (Fsp3) is 0.282. The molecule has 0 spiro atoms. The van der Waals surface area contributed by atoms with Crippen LogP contribution in [0.3, 0.4) is 0 Å². The first kappa shape index (κ1) is 31.3. The molecule has 0 N–H and O–H groups in total. The highest BCUT2D eigenvalue weighted by Gasteiger charge is 2.53. The van der Waals surface area contributed by atoms with Gasteiger partial charge in [0.05, 0.1) is 31.8 Å². The van der Waals surface area contributed by atoms with E-state index in [-0.39, 0.29) is 31.4 Å². The van der Waals surface area contributed by atoms with Crippen LogP contribution in [0.1, 0.15) is 51.5 Å². The topological polar surface area (TPSA) is 18.5 Å². The quantitative estimate of drug-likeness (QED) is 0.145. The second-order valence-corrected chi connectivity index (χ2v) is 13.1. The molecule has 4 aromatic carbocycles. The summed E-state index contributed by atoms with van der Waals surface area (Å²) in [7, 11) is 0.